The summed E-state index contributed by atoms with van der Waals surface area (Å²) in [6, 6.07) is 6.96. The molecule has 0 saturated heterocycles. The first kappa shape index (κ1) is 12.8. The van der Waals surface area contributed by atoms with Crippen molar-refractivity contribution in [2.45, 2.75) is 6.54 Å². The summed E-state index contributed by atoms with van der Waals surface area (Å²) in [5.41, 5.74) is 0.482. The maximum absolute atomic E-state index is 13.3. The molecule has 0 radical (unpaired) electrons. The number of nitrogens with one attached hydrogen (secondary N) is 1. The van der Waals surface area contributed by atoms with E-state index < -0.39 is 17.5 Å². The van der Waals surface area contributed by atoms with Gasteiger partial charge in [-0.25, -0.2) is 13.2 Å². The minimum atomic E-state index is -0.531. The van der Waals surface area contributed by atoms with Gasteiger partial charge in [-0.1, -0.05) is 11.6 Å². The van der Waals surface area contributed by atoms with Crippen LogP contribution in [0, 0.1) is 17.5 Å². The van der Waals surface area contributed by atoms with Crippen molar-refractivity contribution in [1.29, 1.82) is 0 Å². The van der Waals surface area contributed by atoms with Crippen molar-refractivity contribution in [3.63, 3.8) is 0 Å². The molecule has 0 aliphatic carbocycles. The van der Waals surface area contributed by atoms with Crippen LogP contribution in [0.15, 0.2) is 36.4 Å². The normalized spacial score (nSPS) is 10.4. The number of rotatable bonds is 3. The van der Waals surface area contributed by atoms with E-state index in [-0.39, 0.29) is 12.1 Å². The van der Waals surface area contributed by atoms with Crippen LogP contribution in [0.5, 0.6) is 0 Å². The van der Waals surface area contributed by atoms with Gasteiger partial charge in [0.05, 0.1) is 10.7 Å². The molecule has 2 rings (SSSR count). The maximum Gasteiger partial charge on any atom is 0.128 e. The Morgan fingerprint density at radius 2 is 1.61 bits per heavy atom. The average molecular weight is 272 g/mol. The average Bonchev–Trinajstić information content (AvgIpc) is 2.34. The molecule has 0 fully saturated rings. The zero-order valence-electron chi connectivity index (χ0n) is 9.18. The van der Waals surface area contributed by atoms with Gasteiger partial charge in [-0.15, -0.1) is 0 Å². The predicted octanol–water partition coefficient (Wildman–Crippen LogP) is 4.37. The van der Waals surface area contributed by atoms with Gasteiger partial charge in [-0.05, 0) is 36.4 Å². The van der Waals surface area contributed by atoms with Crippen molar-refractivity contribution in [3.05, 3.63) is 64.4 Å². The van der Waals surface area contributed by atoms with E-state index in [2.05, 4.69) is 5.32 Å². The predicted molar refractivity (Wildman–Crippen MR) is 65.1 cm³/mol. The van der Waals surface area contributed by atoms with Crippen LogP contribution in [-0.4, -0.2) is 0 Å². The lowest BCUT2D eigenvalue weighted by Gasteiger charge is -2.09. The van der Waals surface area contributed by atoms with E-state index in [0.717, 1.165) is 18.2 Å². The quantitative estimate of drug-likeness (QED) is 0.874. The topological polar surface area (TPSA) is 12.0 Å². The standard InChI is InChI=1S/C13H9ClF3N/c14-11-3-1-10(16)6-13(11)18-7-8-5-9(15)2-4-12(8)17/h1-6,18H,7H2. The zero-order chi connectivity index (χ0) is 13.1. The monoisotopic (exact) mass is 271 g/mol. The molecule has 1 nitrogen and oxygen atoms in total. The molecule has 0 heterocycles. The molecular formula is C13H9ClF3N. The minimum Gasteiger partial charge on any atom is -0.380 e. The van der Waals surface area contributed by atoms with Gasteiger partial charge < -0.3 is 5.32 Å². The fourth-order valence-electron chi connectivity index (χ4n) is 1.50. The van der Waals surface area contributed by atoms with Crippen LogP contribution in [0.4, 0.5) is 18.9 Å². The summed E-state index contributed by atoms with van der Waals surface area (Å²) < 4.78 is 39.3. The molecule has 1 N–H and O–H groups in total. The van der Waals surface area contributed by atoms with Crippen molar-refractivity contribution < 1.29 is 13.2 Å². The van der Waals surface area contributed by atoms with Gasteiger partial charge in [0.15, 0.2) is 0 Å². The Balaban J connectivity index is 2.16. The van der Waals surface area contributed by atoms with Crippen LogP contribution in [0.1, 0.15) is 5.56 Å². The molecule has 2 aromatic rings. The molecule has 0 amide bonds. The number of hydrogen-bond acceptors (Lipinski definition) is 1. The highest BCUT2D eigenvalue weighted by Crippen LogP contribution is 2.23. The molecule has 0 atom stereocenters. The number of anilines is 1. The van der Waals surface area contributed by atoms with Crippen LogP contribution in [-0.2, 0) is 6.54 Å². The molecular weight excluding hydrogens is 263 g/mol. The lowest BCUT2D eigenvalue weighted by atomic mass is 10.2. The SMILES string of the molecule is Fc1ccc(F)c(CNc2cc(F)ccc2Cl)c1. The Morgan fingerprint density at radius 1 is 0.944 bits per heavy atom. The summed E-state index contributed by atoms with van der Waals surface area (Å²) in [5.74, 6) is -1.52. The third-order valence-electron chi connectivity index (χ3n) is 2.41. The summed E-state index contributed by atoms with van der Waals surface area (Å²) in [6.45, 7) is 0.0206. The Bertz CT molecular complexity index is 521. The minimum absolute atomic E-state index is 0.0206. The molecule has 0 bridgehead atoms. The first-order chi connectivity index (χ1) is 8.56. The van der Waals surface area contributed by atoms with Gasteiger partial charge in [0, 0.05) is 12.1 Å². The van der Waals surface area contributed by atoms with Crippen molar-refractivity contribution in [2.24, 2.45) is 0 Å². The number of benzene rings is 2. The Labute approximate surface area is 107 Å². The lowest BCUT2D eigenvalue weighted by molar-refractivity contribution is 0.587. The molecule has 0 spiro atoms. The third kappa shape index (κ3) is 2.96. The van der Waals surface area contributed by atoms with E-state index in [1.54, 1.807) is 0 Å². The first-order valence-corrected chi connectivity index (χ1v) is 5.57. The second-order valence-corrected chi connectivity index (χ2v) is 4.12. The maximum atomic E-state index is 13.3. The molecule has 18 heavy (non-hydrogen) atoms. The van der Waals surface area contributed by atoms with Gasteiger partial charge >= 0.3 is 0 Å². The summed E-state index contributed by atoms with van der Waals surface area (Å²) in [6.07, 6.45) is 0. The van der Waals surface area contributed by atoms with Gasteiger partial charge in [0.25, 0.3) is 0 Å². The molecule has 2 aromatic carbocycles. The highest BCUT2D eigenvalue weighted by atomic mass is 35.5. The molecule has 0 aliphatic rings. The highest BCUT2D eigenvalue weighted by molar-refractivity contribution is 6.33. The summed E-state index contributed by atoms with van der Waals surface area (Å²) in [4.78, 5) is 0. The van der Waals surface area contributed by atoms with E-state index in [9.17, 15) is 13.2 Å². The van der Waals surface area contributed by atoms with Crippen molar-refractivity contribution in [1.82, 2.24) is 0 Å². The van der Waals surface area contributed by atoms with Crippen molar-refractivity contribution in [2.75, 3.05) is 5.32 Å². The smallest absolute Gasteiger partial charge is 0.128 e. The second kappa shape index (κ2) is 5.31. The summed E-state index contributed by atoms with van der Waals surface area (Å²) >= 11 is 5.84. The fraction of sp³-hybridized carbons (Fsp3) is 0.0769. The third-order valence-corrected chi connectivity index (χ3v) is 2.74. The van der Waals surface area contributed by atoms with E-state index in [1.807, 2.05) is 0 Å². The Morgan fingerprint density at radius 3 is 2.39 bits per heavy atom. The number of hydrogen-bond donors (Lipinski definition) is 1. The van der Waals surface area contributed by atoms with Crippen LogP contribution in [0.3, 0.4) is 0 Å². The Kier molecular flexibility index (Phi) is 3.77. The summed E-state index contributed by atoms with van der Waals surface area (Å²) in [5, 5.41) is 3.07. The largest absolute Gasteiger partial charge is 0.380 e. The van der Waals surface area contributed by atoms with E-state index in [4.69, 9.17) is 11.6 Å². The van der Waals surface area contributed by atoms with Crippen LogP contribution < -0.4 is 5.32 Å². The molecule has 0 saturated carbocycles. The van der Waals surface area contributed by atoms with Crippen molar-refractivity contribution >= 4 is 17.3 Å². The fourth-order valence-corrected chi connectivity index (χ4v) is 1.69. The first-order valence-electron chi connectivity index (χ1n) is 5.19. The Hall–Kier alpha value is -1.68. The zero-order valence-corrected chi connectivity index (χ0v) is 9.94. The summed E-state index contributed by atoms with van der Waals surface area (Å²) in [7, 11) is 0. The number of halogens is 4. The van der Waals surface area contributed by atoms with Gasteiger partial charge in [0.1, 0.15) is 17.5 Å². The van der Waals surface area contributed by atoms with Gasteiger partial charge in [0.2, 0.25) is 0 Å². The molecule has 94 valence electrons. The lowest BCUT2D eigenvalue weighted by Crippen LogP contribution is -2.03. The van der Waals surface area contributed by atoms with Gasteiger partial charge in [-0.3, -0.25) is 0 Å². The van der Waals surface area contributed by atoms with Crippen LogP contribution in [0.25, 0.3) is 0 Å². The van der Waals surface area contributed by atoms with Crippen LogP contribution in [0.2, 0.25) is 5.02 Å². The van der Waals surface area contributed by atoms with Gasteiger partial charge in [-0.2, -0.15) is 0 Å². The highest BCUT2D eigenvalue weighted by Gasteiger charge is 2.06. The molecule has 0 aromatic heterocycles. The molecule has 0 aliphatic heterocycles. The molecule has 0 unspecified atom stereocenters. The van der Waals surface area contributed by atoms with E-state index in [1.165, 1.54) is 18.2 Å². The van der Waals surface area contributed by atoms with E-state index >= 15 is 0 Å². The molecule has 5 heteroatoms. The van der Waals surface area contributed by atoms with Crippen LogP contribution >= 0.6 is 11.6 Å². The van der Waals surface area contributed by atoms with E-state index in [0.29, 0.717) is 10.7 Å². The second-order valence-electron chi connectivity index (χ2n) is 3.71. The van der Waals surface area contributed by atoms with Crippen molar-refractivity contribution in [3.8, 4) is 0 Å².